The zero-order valence-electron chi connectivity index (χ0n) is 19.1. The molecular weight excluding hydrogens is 438 g/mol. The highest BCUT2D eigenvalue weighted by molar-refractivity contribution is 7.71. The van der Waals surface area contributed by atoms with E-state index in [1.54, 1.807) is 25.3 Å². The molecule has 0 aliphatic heterocycles. The van der Waals surface area contributed by atoms with Crippen LogP contribution in [0.25, 0.3) is 21.9 Å². The number of carbonyl (C=O) groups is 1. The summed E-state index contributed by atoms with van der Waals surface area (Å²) in [5.74, 6) is 0.150. The van der Waals surface area contributed by atoms with Crippen LogP contribution in [0.15, 0.2) is 47.3 Å². The standard InChI is InChI=1S/C24H27N5O3S/c1-24(2,3)29-19-9-6-5-8-17(19)25-22(29)27-20(30)15-10-11-16-18(14-15)26-23(33)28(21(16)31)12-7-13-32-4/h5-6,8-11,14H,7,12-13H2,1-4H3,(H,26,33)(H,25,27,30). The number of amides is 1. The number of hydrogen-bond acceptors (Lipinski definition) is 5. The Labute approximate surface area is 196 Å². The van der Waals surface area contributed by atoms with Gasteiger partial charge in [-0.25, -0.2) is 4.98 Å². The molecule has 33 heavy (non-hydrogen) atoms. The fourth-order valence-electron chi connectivity index (χ4n) is 3.93. The lowest BCUT2D eigenvalue weighted by Crippen LogP contribution is -2.26. The van der Waals surface area contributed by atoms with Crippen molar-refractivity contribution >= 4 is 46.0 Å². The fraction of sp³-hybridized carbons (Fsp3) is 0.333. The second-order valence-electron chi connectivity index (χ2n) is 8.88. The Morgan fingerprint density at radius 2 is 1.97 bits per heavy atom. The van der Waals surface area contributed by atoms with Crippen molar-refractivity contribution in [3.05, 3.63) is 63.2 Å². The van der Waals surface area contributed by atoms with Crippen LogP contribution in [0.1, 0.15) is 37.6 Å². The third kappa shape index (κ3) is 4.46. The number of rotatable bonds is 6. The summed E-state index contributed by atoms with van der Waals surface area (Å²) < 4.78 is 8.90. The summed E-state index contributed by atoms with van der Waals surface area (Å²) in [4.78, 5) is 33.7. The van der Waals surface area contributed by atoms with Gasteiger partial charge in [-0.3, -0.25) is 19.5 Å². The number of H-pyrrole nitrogens is 1. The number of methoxy groups -OCH3 is 1. The predicted molar refractivity (Wildman–Crippen MR) is 133 cm³/mol. The molecule has 2 aromatic carbocycles. The number of nitrogens with zero attached hydrogens (tertiary/aromatic N) is 3. The maximum atomic E-state index is 13.1. The van der Waals surface area contributed by atoms with Crippen LogP contribution in [0.5, 0.6) is 0 Å². The van der Waals surface area contributed by atoms with E-state index in [9.17, 15) is 9.59 Å². The topological polar surface area (TPSA) is 93.9 Å². The molecule has 0 saturated carbocycles. The number of hydrogen-bond donors (Lipinski definition) is 2. The van der Waals surface area contributed by atoms with E-state index in [2.05, 4.69) is 36.1 Å². The van der Waals surface area contributed by atoms with Gasteiger partial charge in [0.15, 0.2) is 4.77 Å². The first kappa shape index (κ1) is 22.9. The Bertz CT molecular complexity index is 1460. The Kier molecular flexibility index (Phi) is 6.18. The van der Waals surface area contributed by atoms with Crippen LogP contribution in [0.3, 0.4) is 0 Å². The highest BCUT2D eigenvalue weighted by Gasteiger charge is 2.23. The lowest BCUT2D eigenvalue weighted by Gasteiger charge is -2.24. The number of anilines is 1. The maximum absolute atomic E-state index is 13.1. The van der Waals surface area contributed by atoms with Crippen LogP contribution >= 0.6 is 12.2 Å². The summed E-state index contributed by atoms with van der Waals surface area (Å²) in [6.07, 6.45) is 0.675. The molecule has 0 radical (unpaired) electrons. The molecule has 4 rings (SSSR count). The predicted octanol–water partition coefficient (Wildman–Crippen LogP) is 4.45. The number of ether oxygens (including phenoxy) is 1. The minimum atomic E-state index is -0.318. The molecule has 0 bridgehead atoms. The minimum absolute atomic E-state index is 0.189. The summed E-state index contributed by atoms with van der Waals surface area (Å²) in [5.41, 5.74) is 2.19. The monoisotopic (exact) mass is 465 g/mol. The Morgan fingerprint density at radius 1 is 1.21 bits per heavy atom. The summed E-state index contributed by atoms with van der Waals surface area (Å²) in [6, 6.07) is 12.7. The van der Waals surface area contributed by atoms with Gasteiger partial charge in [-0.1, -0.05) is 12.1 Å². The third-order valence-electron chi connectivity index (χ3n) is 5.43. The van der Waals surface area contributed by atoms with Crippen molar-refractivity contribution in [2.75, 3.05) is 19.0 Å². The van der Waals surface area contributed by atoms with Gasteiger partial charge in [-0.05, 0) is 69.7 Å². The molecule has 172 valence electrons. The number of imidazole rings is 1. The van der Waals surface area contributed by atoms with Crippen molar-refractivity contribution < 1.29 is 9.53 Å². The van der Waals surface area contributed by atoms with Crippen molar-refractivity contribution in [1.82, 2.24) is 19.1 Å². The second-order valence-corrected chi connectivity index (χ2v) is 9.26. The zero-order valence-corrected chi connectivity index (χ0v) is 20.0. The van der Waals surface area contributed by atoms with Gasteiger partial charge < -0.3 is 14.3 Å². The molecule has 0 aliphatic rings. The van der Waals surface area contributed by atoms with Crippen LogP contribution in [0.4, 0.5) is 5.95 Å². The molecule has 2 aromatic heterocycles. The van der Waals surface area contributed by atoms with Gasteiger partial charge in [0, 0.05) is 31.4 Å². The van der Waals surface area contributed by atoms with E-state index in [1.165, 1.54) is 4.57 Å². The molecule has 2 heterocycles. The first-order valence-electron chi connectivity index (χ1n) is 10.8. The molecule has 0 spiro atoms. The van der Waals surface area contributed by atoms with Gasteiger partial charge in [0.2, 0.25) is 5.95 Å². The van der Waals surface area contributed by atoms with Gasteiger partial charge in [0.05, 0.1) is 21.9 Å². The average molecular weight is 466 g/mol. The maximum Gasteiger partial charge on any atom is 0.262 e. The molecule has 0 saturated heterocycles. The number of carbonyl (C=O) groups excluding carboxylic acids is 1. The molecule has 0 atom stereocenters. The second kappa shape index (κ2) is 8.92. The SMILES string of the molecule is COCCCn1c(=S)[nH]c2cc(C(=O)Nc3nc4ccccc4n3C(C)(C)C)ccc2c1=O. The van der Waals surface area contributed by atoms with Crippen molar-refractivity contribution in [2.24, 2.45) is 0 Å². The Hall–Kier alpha value is -3.30. The van der Waals surface area contributed by atoms with Gasteiger partial charge >= 0.3 is 0 Å². The lowest BCUT2D eigenvalue weighted by molar-refractivity contribution is 0.102. The minimum Gasteiger partial charge on any atom is -0.385 e. The molecule has 2 N–H and O–H groups in total. The van der Waals surface area contributed by atoms with E-state index < -0.39 is 0 Å². The van der Waals surface area contributed by atoms with Crippen molar-refractivity contribution in [3.63, 3.8) is 0 Å². The molecular formula is C24H27N5O3S. The first-order valence-corrected chi connectivity index (χ1v) is 11.2. The molecule has 0 fully saturated rings. The molecule has 9 heteroatoms. The van der Waals surface area contributed by atoms with Crippen molar-refractivity contribution in [3.8, 4) is 0 Å². The van der Waals surface area contributed by atoms with Crippen LogP contribution in [0, 0.1) is 4.77 Å². The van der Waals surface area contributed by atoms with E-state index in [0.717, 1.165) is 11.0 Å². The highest BCUT2D eigenvalue weighted by atomic mass is 32.1. The Balaban J connectivity index is 1.69. The number of nitrogens with one attached hydrogen (secondary N) is 2. The number of benzene rings is 2. The summed E-state index contributed by atoms with van der Waals surface area (Å²) in [5, 5.41) is 3.41. The van der Waals surface area contributed by atoms with Crippen LogP contribution in [0.2, 0.25) is 0 Å². The average Bonchev–Trinajstić information content (AvgIpc) is 3.13. The lowest BCUT2D eigenvalue weighted by atomic mass is 10.1. The van der Waals surface area contributed by atoms with Crippen molar-refractivity contribution in [2.45, 2.75) is 39.3 Å². The molecule has 4 aromatic rings. The summed E-state index contributed by atoms with van der Waals surface area (Å²) >= 11 is 5.38. The number of aromatic nitrogens is 4. The van der Waals surface area contributed by atoms with Crippen LogP contribution in [-0.2, 0) is 16.8 Å². The smallest absolute Gasteiger partial charge is 0.262 e. The van der Waals surface area contributed by atoms with E-state index in [0.29, 0.717) is 46.8 Å². The zero-order chi connectivity index (χ0) is 23.8. The van der Waals surface area contributed by atoms with E-state index in [1.807, 2.05) is 28.8 Å². The van der Waals surface area contributed by atoms with E-state index >= 15 is 0 Å². The van der Waals surface area contributed by atoms with Crippen LogP contribution < -0.4 is 10.9 Å². The number of fused-ring (bicyclic) bond motifs is 2. The summed E-state index contributed by atoms with van der Waals surface area (Å²) in [6.45, 7) is 7.18. The van der Waals surface area contributed by atoms with E-state index in [4.69, 9.17) is 17.0 Å². The van der Waals surface area contributed by atoms with Gasteiger partial charge in [0.25, 0.3) is 11.5 Å². The molecule has 1 amide bonds. The largest absolute Gasteiger partial charge is 0.385 e. The molecule has 8 nitrogen and oxygen atoms in total. The molecule has 0 aliphatic carbocycles. The van der Waals surface area contributed by atoms with Crippen LogP contribution in [-0.4, -0.2) is 38.7 Å². The van der Waals surface area contributed by atoms with Gasteiger partial charge in [0.1, 0.15) is 0 Å². The van der Waals surface area contributed by atoms with Crippen molar-refractivity contribution in [1.29, 1.82) is 0 Å². The van der Waals surface area contributed by atoms with Gasteiger partial charge in [-0.15, -0.1) is 0 Å². The Morgan fingerprint density at radius 3 is 2.70 bits per heavy atom. The number of para-hydroxylation sites is 2. The molecule has 0 unspecified atom stereocenters. The normalized spacial score (nSPS) is 11.9. The fourth-order valence-corrected chi connectivity index (χ4v) is 4.21. The quantitative estimate of drug-likeness (QED) is 0.324. The first-order chi connectivity index (χ1) is 15.7. The third-order valence-corrected chi connectivity index (χ3v) is 5.75. The van der Waals surface area contributed by atoms with E-state index in [-0.39, 0.29) is 17.0 Å². The number of aromatic amines is 1. The van der Waals surface area contributed by atoms with Gasteiger partial charge in [-0.2, -0.15) is 0 Å². The summed E-state index contributed by atoms with van der Waals surface area (Å²) in [7, 11) is 1.62. The highest BCUT2D eigenvalue weighted by Crippen LogP contribution is 2.28.